The van der Waals surface area contributed by atoms with Crippen LogP contribution in [0.2, 0.25) is 0 Å². The summed E-state index contributed by atoms with van der Waals surface area (Å²) in [7, 11) is 0. The van der Waals surface area contributed by atoms with Crippen LogP contribution in [0.1, 0.15) is 39.5 Å². The largest absolute Gasteiger partial charge is 0.508 e. The van der Waals surface area contributed by atoms with Crippen LogP contribution in [-0.2, 0) is 5.41 Å². The van der Waals surface area contributed by atoms with Crippen LogP contribution >= 0.6 is 11.3 Å². The molecule has 1 N–H and O–H groups in total. The third kappa shape index (κ3) is 3.29. The van der Waals surface area contributed by atoms with E-state index in [9.17, 15) is 14.3 Å². The Balaban J connectivity index is 1.62. The number of carbonyl (C=O) groups is 1. The maximum Gasteiger partial charge on any atom is 0.256 e. The topological polar surface area (TPSA) is 53.4 Å². The van der Waals surface area contributed by atoms with Gasteiger partial charge in [0.2, 0.25) is 0 Å². The number of benzene rings is 2. The Morgan fingerprint density at radius 1 is 1.18 bits per heavy atom. The van der Waals surface area contributed by atoms with Gasteiger partial charge in [0, 0.05) is 23.9 Å². The zero-order chi connectivity index (χ0) is 19.7. The molecule has 0 atom stereocenters. The van der Waals surface area contributed by atoms with Crippen LogP contribution in [0.15, 0.2) is 53.9 Å². The number of piperidine rings is 1. The molecule has 1 aromatic heterocycles. The van der Waals surface area contributed by atoms with Crippen LogP contribution in [0.3, 0.4) is 0 Å². The van der Waals surface area contributed by atoms with Gasteiger partial charge in [0.1, 0.15) is 11.6 Å². The zero-order valence-electron chi connectivity index (χ0n) is 15.6. The summed E-state index contributed by atoms with van der Waals surface area (Å²) < 4.78 is 14.1. The smallest absolute Gasteiger partial charge is 0.256 e. The van der Waals surface area contributed by atoms with Gasteiger partial charge in [-0.25, -0.2) is 9.37 Å². The molecule has 1 aliphatic heterocycles. The van der Waals surface area contributed by atoms with Gasteiger partial charge in [-0.05, 0) is 43.5 Å². The van der Waals surface area contributed by atoms with Crippen molar-refractivity contribution in [2.24, 2.45) is 0 Å². The van der Waals surface area contributed by atoms with Gasteiger partial charge in [-0.1, -0.05) is 30.3 Å². The number of rotatable bonds is 3. The first-order chi connectivity index (χ1) is 13.5. The number of amides is 1. The Labute approximate surface area is 167 Å². The lowest BCUT2D eigenvalue weighted by Gasteiger charge is -2.41. The average molecular weight is 396 g/mol. The number of aryl methyl sites for hydroxylation is 1. The summed E-state index contributed by atoms with van der Waals surface area (Å²) in [5, 5.41) is 12.7. The molecule has 1 amide bonds. The highest BCUT2D eigenvalue weighted by molar-refractivity contribution is 7.09. The fourth-order valence-electron chi connectivity index (χ4n) is 3.97. The summed E-state index contributed by atoms with van der Waals surface area (Å²) in [6.45, 7) is 3.00. The fourth-order valence-corrected chi connectivity index (χ4v) is 4.68. The molecule has 0 aliphatic carbocycles. The Morgan fingerprint density at radius 3 is 2.54 bits per heavy atom. The number of halogens is 1. The highest BCUT2D eigenvalue weighted by atomic mass is 32.1. The lowest BCUT2D eigenvalue weighted by molar-refractivity contribution is 0.0679. The molecule has 0 saturated carbocycles. The van der Waals surface area contributed by atoms with Crippen molar-refractivity contribution in [2.45, 2.75) is 25.2 Å². The average Bonchev–Trinajstić information content (AvgIpc) is 3.17. The Kier molecular flexibility index (Phi) is 4.89. The molecular formula is C22H21FN2O2S. The molecule has 3 aromatic rings. The van der Waals surface area contributed by atoms with Crippen molar-refractivity contribution < 1.29 is 14.3 Å². The number of likely N-dealkylation sites (tertiary alicyclic amines) is 1. The minimum atomic E-state index is -0.613. The summed E-state index contributed by atoms with van der Waals surface area (Å²) >= 11 is 1.63. The minimum Gasteiger partial charge on any atom is -0.508 e. The first kappa shape index (κ1) is 18.6. The SMILES string of the molecule is Cc1nc(C2(c3ccccc3)CCN(C(=O)c3cc(O)ccc3F)CC2)cs1. The van der Waals surface area contributed by atoms with E-state index in [1.807, 2.05) is 25.1 Å². The second-order valence-electron chi connectivity index (χ2n) is 7.16. The van der Waals surface area contributed by atoms with E-state index >= 15 is 0 Å². The predicted molar refractivity (Wildman–Crippen MR) is 107 cm³/mol. The van der Waals surface area contributed by atoms with Crippen LogP contribution < -0.4 is 0 Å². The van der Waals surface area contributed by atoms with E-state index in [1.54, 1.807) is 16.2 Å². The Bertz CT molecular complexity index is 995. The van der Waals surface area contributed by atoms with E-state index in [2.05, 4.69) is 17.5 Å². The Hall–Kier alpha value is -2.73. The van der Waals surface area contributed by atoms with Crippen molar-refractivity contribution in [1.29, 1.82) is 0 Å². The summed E-state index contributed by atoms with van der Waals surface area (Å²) in [5.41, 5.74) is 1.89. The maximum absolute atomic E-state index is 14.1. The summed E-state index contributed by atoms with van der Waals surface area (Å²) in [6, 6.07) is 13.8. The molecule has 0 spiro atoms. The standard InChI is InChI=1S/C22H21FN2O2S/c1-15-24-20(14-28-15)22(16-5-3-2-4-6-16)9-11-25(12-10-22)21(27)18-13-17(26)7-8-19(18)23/h2-8,13-14,26H,9-12H2,1H3. The van der Waals surface area contributed by atoms with Crippen LogP contribution in [0.4, 0.5) is 4.39 Å². The molecule has 1 saturated heterocycles. The summed E-state index contributed by atoms with van der Waals surface area (Å²) in [4.78, 5) is 19.2. The van der Waals surface area contributed by atoms with Crippen LogP contribution in [-0.4, -0.2) is 34.0 Å². The monoisotopic (exact) mass is 396 g/mol. The van der Waals surface area contributed by atoms with Gasteiger partial charge in [0.25, 0.3) is 5.91 Å². The zero-order valence-corrected chi connectivity index (χ0v) is 16.4. The van der Waals surface area contributed by atoms with Crippen molar-refractivity contribution in [2.75, 3.05) is 13.1 Å². The lowest BCUT2D eigenvalue weighted by Crippen LogP contribution is -2.46. The van der Waals surface area contributed by atoms with E-state index in [-0.39, 0.29) is 22.6 Å². The van der Waals surface area contributed by atoms with Gasteiger partial charge in [-0.15, -0.1) is 11.3 Å². The quantitative estimate of drug-likeness (QED) is 0.708. The number of hydrogen-bond donors (Lipinski definition) is 1. The molecule has 0 radical (unpaired) electrons. The highest BCUT2D eigenvalue weighted by Gasteiger charge is 2.41. The molecule has 4 nitrogen and oxygen atoms in total. The number of carbonyl (C=O) groups excluding carboxylic acids is 1. The number of aromatic nitrogens is 1. The van der Waals surface area contributed by atoms with Gasteiger partial charge < -0.3 is 10.0 Å². The predicted octanol–water partition coefficient (Wildman–Crippen LogP) is 4.52. The first-order valence-corrected chi connectivity index (χ1v) is 10.1. The number of phenolic OH excluding ortho intramolecular Hbond substituents is 1. The number of nitrogens with zero attached hydrogens (tertiary/aromatic N) is 2. The third-order valence-corrected chi connectivity index (χ3v) is 6.29. The molecule has 0 bridgehead atoms. The molecule has 1 fully saturated rings. The molecule has 0 unspecified atom stereocenters. The molecular weight excluding hydrogens is 375 g/mol. The second kappa shape index (κ2) is 7.36. The summed E-state index contributed by atoms with van der Waals surface area (Å²) in [6.07, 6.45) is 1.43. The van der Waals surface area contributed by atoms with E-state index in [0.29, 0.717) is 25.9 Å². The van der Waals surface area contributed by atoms with E-state index in [1.165, 1.54) is 17.7 Å². The molecule has 6 heteroatoms. The van der Waals surface area contributed by atoms with E-state index in [0.717, 1.165) is 16.8 Å². The van der Waals surface area contributed by atoms with Crippen molar-refractivity contribution in [1.82, 2.24) is 9.88 Å². The number of aromatic hydroxyl groups is 1. The molecule has 28 heavy (non-hydrogen) atoms. The van der Waals surface area contributed by atoms with E-state index < -0.39 is 5.82 Å². The minimum absolute atomic E-state index is 0.0864. The molecule has 2 aromatic carbocycles. The highest BCUT2D eigenvalue weighted by Crippen LogP contribution is 2.42. The Morgan fingerprint density at radius 2 is 1.89 bits per heavy atom. The second-order valence-corrected chi connectivity index (χ2v) is 8.22. The van der Waals surface area contributed by atoms with Crippen LogP contribution in [0, 0.1) is 12.7 Å². The van der Waals surface area contributed by atoms with Crippen molar-refractivity contribution in [3.8, 4) is 5.75 Å². The first-order valence-electron chi connectivity index (χ1n) is 9.25. The maximum atomic E-state index is 14.1. The number of hydrogen-bond acceptors (Lipinski definition) is 4. The van der Waals surface area contributed by atoms with Crippen molar-refractivity contribution >= 4 is 17.2 Å². The van der Waals surface area contributed by atoms with Gasteiger partial charge in [-0.2, -0.15) is 0 Å². The van der Waals surface area contributed by atoms with Gasteiger partial charge in [-0.3, -0.25) is 4.79 Å². The van der Waals surface area contributed by atoms with Gasteiger partial charge in [0.05, 0.1) is 16.3 Å². The lowest BCUT2D eigenvalue weighted by atomic mass is 9.70. The van der Waals surface area contributed by atoms with Crippen LogP contribution in [0.25, 0.3) is 0 Å². The van der Waals surface area contributed by atoms with Crippen molar-refractivity contribution in [3.63, 3.8) is 0 Å². The molecule has 4 rings (SSSR count). The van der Waals surface area contributed by atoms with Gasteiger partial charge >= 0.3 is 0 Å². The molecule has 1 aliphatic rings. The van der Waals surface area contributed by atoms with Crippen molar-refractivity contribution in [3.05, 3.63) is 81.6 Å². The van der Waals surface area contributed by atoms with Gasteiger partial charge in [0.15, 0.2) is 0 Å². The summed E-state index contributed by atoms with van der Waals surface area (Å²) in [5.74, 6) is -1.11. The normalized spacial score (nSPS) is 16.1. The number of phenols is 1. The molecule has 2 heterocycles. The molecule has 144 valence electrons. The number of thiazole rings is 1. The third-order valence-electron chi connectivity index (χ3n) is 5.52. The fraction of sp³-hybridized carbons (Fsp3) is 0.273. The van der Waals surface area contributed by atoms with Crippen LogP contribution in [0.5, 0.6) is 5.75 Å². The van der Waals surface area contributed by atoms with E-state index in [4.69, 9.17) is 4.98 Å².